The quantitative estimate of drug-likeness (QED) is 0.450. The van der Waals surface area contributed by atoms with Crippen LogP contribution in [0.15, 0.2) is 47.4 Å². The lowest BCUT2D eigenvalue weighted by molar-refractivity contribution is 0.0485. The summed E-state index contributed by atoms with van der Waals surface area (Å²) in [6.45, 7) is 0.503. The minimum atomic E-state index is -3.77. The van der Waals surface area contributed by atoms with Gasteiger partial charge in [-0.3, -0.25) is 0 Å². The van der Waals surface area contributed by atoms with Crippen LogP contribution in [0, 0.1) is 0 Å². The maximum absolute atomic E-state index is 12.5. The molecule has 2 aromatic rings. The standard InChI is InChI=1S/C20H22ClNO6S/c1-26-18-10-3-14(13-19(18)29(24,25)22-16-6-7-16)20(23)28-12-2-11-27-17-8-4-15(21)5-9-17/h3-5,8-10,13,16,22H,2,6-7,11-12H2,1H3. The van der Waals surface area contributed by atoms with E-state index < -0.39 is 16.0 Å². The van der Waals surface area contributed by atoms with Gasteiger partial charge in [0.1, 0.15) is 16.4 Å². The van der Waals surface area contributed by atoms with Gasteiger partial charge in [0.25, 0.3) is 0 Å². The minimum Gasteiger partial charge on any atom is -0.495 e. The molecular weight excluding hydrogens is 418 g/mol. The lowest BCUT2D eigenvalue weighted by Crippen LogP contribution is -2.26. The molecular formula is C20H22ClNO6S. The second-order valence-electron chi connectivity index (χ2n) is 6.55. The van der Waals surface area contributed by atoms with Gasteiger partial charge in [0.2, 0.25) is 10.0 Å². The third-order valence-electron chi connectivity index (χ3n) is 4.19. The Balaban J connectivity index is 1.54. The molecule has 3 rings (SSSR count). The molecule has 1 aliphatic carbocycles. The number of benzene rings is 2. The Morgan fingerprint density at radius 3 is 2.52 bits per heavy atom. The zero-order chi connectivity index (χ0) is 20.9. The number of sulfonamides is 1. The van der Waals surface area contributed by atoms with Crippen LogP contribution in [0.2, 0.25) is 5.02 Å². The molecule has 2 aromatic carbocycles. The number of hydrogen-bond acceptors (Lipinski definition) is 6. The Morgan fingerprint density at radius 1 is 1.14 bits per heavy atom. The number of carbonyl (C=O) groups is 1. The first-order valence-electron chi connectivity index (χ1n) is 9.15. The number of methoxy groups -OCH3 is 1. The van der Waals surface area contributed by atoms with E-state index in [0.717, 1.165) is 12.8 Å². The van der Waals surface area contributed by atoms with Crippen molar-refractivity contribution in [3.05, 3.63) is 53.1 Å². The highest BCUT2D eigenvalue weighted by Crippen LogP contribution is 2.28. The van der Waals surface area contributed by atoms with Crippen LogP contribution in [-0.2, 0) is 14.8 Å². The number of hydrogen-bond donors (Lipinski definition) is 1. The van der Waals surface area contributed by atoms with Crippen LogP contribution in [0.4, 0.5) is 0 Å². The van der Waals surface area contributed by atoms with Crippen molar-refractivity contribution in [2.45, 2.75) is 30.2 Å². The zero-order valence-electron chi connectivity index (χ0n) is 15.9. The van der Waals surface area contributed by atoms with Gasteiger partial charge < -0.3 is 14.2 Å². The molecule has 1 N–H and O–H groups in total. The van der Waals surface area contributed by atoms with Crippen molar-refractivity contribution in [2.24, 2.45) is 0 Å². The molecule has 0 heterocycles. The maximum atomic E-state index is 12.5. The summed E-state index contributed by atoms with van der Waals surface area (Å²) in [6, 6.07) is 11.1. The molecule has 0 saturated heterocycles. The number of esters is 1. The Morgan fingerprint density at radius 2 is 1.86 bits per heavy atom. The summed E-state index contributed by atoms with van der Waals surface area (Å²) in [6.07, 6.45) is 2.10. The first kappa shape index (κ1) is 21.4. The molecule has 0 atom stereocenters. The van der Waals surface area contributed by atoms with E-state index in [-0.39, 0.29) is 28.9 Å². The van der Waals surface area contributed by atoms with Gasteiger partial charge in [0.15, 0.2) is 0 Å². The molecule has 1 aliphatic rings. The molecule has 0 bridgehead atoms. The predicted molar refractivity (Wildman–Crippen MR) is 108 cm³/mol. The number of carbonyl (C=O) groups excluding carboxylic acids is 1. The Hall–Kier alpha value is -2.29. The fourth-order valence-corrected chi connectivity index (χ4v) is 4.15. The van der Waals surface area contributed by atoms with Crippen LogP contribution in [0.3, 0.4) is 0 Å². The average molecular weight is 440 g/mol. The molecule has 0 aromatic heterocycles. The average Bonchev–Trinajstić information content (AvgIpc) is 3.51. The third-order valence-corrected chi connectivity index (χ3v) is 5.99. The SMILES string of the molecule is COc1ccc(C(=O)OCCCOc2ccc(Cl)cc2)cc1S(=O)(=O)NC1CC1. The van der Waals surface area contributed by atoms with E-state index >= 15 is 0 Å². The zero-order valence-corrected chi connectivity index (χ0v) is 17.5. The fourth-order valence-electron chi connectivity index (χ4n) is 2.53. The van der Waals surface area contributed by atoms with Gasteiger partial charge in [-0.2, -0.15) is 0 Å². The highest BCUT2D eigenvalue weighted by Gasteiger charge is 2.30. The fraction of sp³-hybridized carbons (Fsp3) is 0.350. The number of rotatable bonds is 10. The van der Waals surface area contributed by atoms with Crippen LogP contribution >= 0.6 is 11.6 Å². The summed E-state index contributed by atoms with van der Waals surface area (Å²) in [5.41, 5.74) is 0.139. The van der Waals surface area contributed by atoms with Crippen molar-refractivity contribution in [1.82, 2.24) is 4.72 Å². The predicted octanol–water partition coefficient (Wildman–Crippen LogP) is 3.42. The Labute approximate surface area is 175 Å². The second kappa shape index (κ2) is 9.47. The van der Waals surface area contributed by atoms with E-state index in [1.807, 2.05) is 0 Å². The van der Waals surface area contributed by atoms with Gasteiger partial charge in [-0.05, 0) is 55.3 Å². The van der Waals surface area contributed by atoms with Crippen molar-refractivity contribution in [1.29, 1.82) is 0 Å². The largest absolute Gasteiger partial charge is 0.495 e. The van der Waals surface area contributed by atoms with Crippen molar-refractivity contribution < 1.29 is 27.4 Å². The monoisotopic (exact) mass is 439 g/mol. The molecule has 0 radical (unpaired) electrons. The van der Waals surface area contributed by atoms with Gasteiger partial charge in [0.05, 0.1) is 25.9 Å². The molecule has 9 heteroatoms. The first-order valence-corrected chi connectivity index (χ1v) is 11.0. The lowest BCUT2D eigenvalue weighted by atomic mass is 10.2. The van der Waals surface area contributed by atoms with Crippen LogP contribution in [-0.4, -0.2) is 40.8 Å². The summed E-state index contributed by atoms with van der Waals surface area (Å²) in [5, 5.41) is 0.625. The van der Waals surface area contributed by atoms with Crippen molar-refractivity contribution in [3.8, 4) is 11.5 Å². The van der Waals surface area contributed by atoms with Crippen LogP contribution < -0.4 is 14.2 Å². The second-order valence-corrected chi connectivity index (χ2v) is 8.67. The van der Waals surface area contributed by atoms with Crippen LogP contribution in [0.5, 0.6) is 11.5 Å². The molecule has 0 spiro atoms. The molecule has 1 saturated carbocycles. The molecule has 7 nitrogen and oxygen atoms in total. The lowest BCUT2D eigenvalue weighted by Gasteiger charge is -2.12. The molecule has 1 fully saturated rings. The van der Waals surface area contributed by atoms with E-state index in [1.165, 1.54) is 25.3 Å². The van der Waals surface area contributed by atoms with Gasteiger partial charge in [-0.25, -0.2) is 17.9 Å². The van der Waals surface area contributed by atoms with Gasteiger partial charge >= 0.3 is 5.97 Å². The van der Waals surface area contributed by atoms with Gasteiger partial charge in [-0.1, -0.05) is 11.6 Å². The van der Waals surface area contributed by atoms with Crippen molar-refractivity contribution in [2.75, 3.05) is 20.3 Å². The summed E-state index contributed by atoms with van der Waals surface area (Å²) in [4.78, 5) is 12.2. The number of halogens is 1. The van der Waals surface area contributed by atoms with Gasteiger partial charge in [-0.15, -0.1) is 0 Å². The van der Waals surface area contributed by atoms with Crippen molar-refractivity contribution in [3.63, 3.8) is 0 Å². The van der Waals surface area contributed by atoms with Crippen molar-refractivity contribution >= 4 is 27.6 Å². The maximum Gasteiger partial charge on any atom is 0.338 e. The summed E-state index contributed by atoms with van der Waals surface area (Å²) >= 11 is 5.81. The van der Waals surface area contributed by atoms with Crippen LogP contribution in [0.1, 0.15) is 29.6 Å². The summed E-state index contributed by atoms with van der Waals surface area (Å²) in [5.74, 6) is 0.238. The molecule has 0 amide bonds. The van der Waals surface area contributed by atoms with E-state index in [4.69, 9.17) is 25.8 Å². The smallest absolute Gasteiger partial charge is 0.338 e. The molecule has 0 aliphatic heterocycles. The topological polar surface area (TPSA) is 90.9 Å². The van der Waals surface area contributed by atoms with Gasteiger partial charge in [0, 0.05) is 17.5 Å². The van der Waals surface area contributed by atoms with E-state index in [1.54, 1.807) is 24.3 Å². The van der Waals surface area contributed by atoms with E-state index in [0.29, 0.717) is 23.8 Å². The summed E-state index contributed by atoms with van der Waals surface area (Å²) in [7, 11) is -2.39. The highest BCUT2D eigenvalue weighted by atomic mass is 35.5. The highest BCUT2D eigenvalue weighted by molar-refractivity contribution is 7.89. The minimum absolute atomic E-state index is 0.0547. The van der Waals surface area contributed by atoms with E-state index in [2.05, 4.69) is 4.72 Å². The molecule has 0 unspecified atom stereocenters. The van der Waals surface area contributed by atoms with E-state index in [9.17, 15) is 13.2 Å². The first-order chi connectivity index (χ1) is 13.9. The third kappa shape index (κ3) is 6.09. The Kier molecular flexibility index (Phi) is 7.00. The number of nitrogens with one attached hydrogen (secondary N) is 1. The Bertz CT molecular complexity index is 957. The summed E-state index contributed by atoms with van der Waals surface area (Å²) < 4.78 is 43.5. The molecule has 156 valence electrons. The number of ether oxygens (including phenoxy) is 3. The normalized spacial score (nSPS) is 13.7. The molecule has 29 heavy (non-hydrogen) atoms. The van der Waals surface area contributed by atoms with Crippen LogP contribution in [0.25, 0.3) is 0 Å².